The van der Waals surface area contributed by atoms with Gasteiger partial charge in [0.2, 0.25) is 0 Å². The molecule has 2 aliphatic heterocycles. The third-order valence-corrected chi connectivity index (χ3v) is 3.99. The Hall–Kier alpha value is -0.930. The van der Waals surface area contributed by atoms with Crippen molar-refractivity contribution in [2.45, 2.75) is 25.4 Å². The van der Waals surface area contributed by atoms with Gasteiger partial charge in [-0.3, -0.25) is 0 Å². The molecular formula is C13H19FN2+2. The van der Waals surface area contributed by atoms with Gasteiger partial charge in [-0.05, 0) is 18.2 Å². The van der Waals surface area contributed by atoms with Crippen LogP contribution in [0, 0.1) is 5.82 Å². The van der Waals surface area contributed by atoms with Crippen LogP contribution in [0.1, 0.15) is 30.0 Å². The SMILES string of the molecule is Fc1ccc2c(c1)[C@@H]([NH+]1CCCC1)C[NH2+]C2. The number of hydrogen-bond donors (Lipinski definition) is 2. The van der Waals surface area contributed by atoms with Crippen molar-refractivity contribution in [3.05, 3.63) is 35.1 Å². The molecule has 16 heavy (non-hydrogen) atoms. The van der Waals surface area contributed by atoms with Gasteiger partial charge < -0.3 is 10.2 Å². The van der Waals surface area contributed by atoms with Gasteiger partial charge in [0, 0.05) is 24.0 Å². The topological polar surface area (TPSA) is 21.1 Å². The van der Waals surface area contributed by atoms with E-state index < -0.39 is 0 Å². The van der Waals surface area contributed by atoms with Crippen molar-refractivity contribution in [1.82, 2.24) is 0 Å². The minimum atomic E-state index is -0.0794. The van der Waals surface area contributed by atoms with E-state index in [1.54, 1.807) is 17.0 Å². The molecule has 2 aliphatic rings. The lowest BCUT2D eigenvalue weighted by Crippen LogP contribution is -3.13. The van der Waals surface area contributed by atoms with Crippen LogP contribution in [-0.4, -0.2) is 19.6 Å². The predicted octanol–water partition coefficient (Wildman–Crippen LogP) is -0.377. The van der Waals surface area contributed by atoms with E-state index in [-0.39, 0.29) is 5.82 Å². The highest BCUT2D eigenvalue weighted by Gasteiger charge is 2.33. The first kappa shape index (κ1) is 10.2. The molecule has 0 bridgehead atoms. The minimum absolute atomic E-state index is 0.0794. The molecule has 1 aromatic carbocycles. The largest absolute Gasteiger partial charge is 0.337 e. The lowest BCUT2D eigenvalue weighted by Gasteiger charge is -2.28. The molecule has 2 nitrogen and oxygen atoms in total. The summed E-state index contributed by atoms with van der Waals surface area (Å²) in [5.74, 6) is -0.0794. The number of quaternary nitrogens is 2. The summed E-state index contributed by atoms with van der Waals surface area (Å²) in [5, 5.41) is 2.36. The van der Waals surface area contributed by atoms with Crippen LogP contribution in [0.2, 0.25) is 0 Å². The highest BCUT2D eigenvalue weighted by Crippen LogP contribution is 2.19. The number of likely N-dealkylation sites (tertiary alicyclic amines) is 1. The quantitative estimate of drug-likeness (QED) is 0.646. The molecule has 0 aromatic heterocycles. The molecule has 3 N–H and O–H groups in total. The van der Waals surface area contributed by atoms with Crippen molar-refractivity contribution in [2.24, 2.45) is 0 Å². The summed E-state index contributed by atoms with van der Waals surface area (Å²) in [5.41, 5.74) is 2.59. The Balaban J connectivity index is 1.94. The molecule has 1 fully saturated rings. The first-order valence-electron chi connectivity index (χ1n) is 6.29. The highest BCUT2D eigenvalue weighted by atomic mass is 19.1. The number of fused-ring (bicyclic) bond motifs is 1. The first-order chi connectivity index (χ1) is 7.84. The standard InChI is InChI=1S/C13H17FN2/c14-11-4-3-10-8-15-9-13(12(10)7-11)16-5-1-2-6-16/h3-4,7,13,15H,1-2,5-6,8-9H2/p+2/t13-/m0/s1. The molecule has 1 saturated heterocycles. The number of halogens is 1. The first-order valence-corrected chi connectivity index (χ1v) is 6.29. The fraction of sp³-hybridized carbons (Fsp3) is 0.538. The average Bonchev–Trinajstić information content (AvgIpc) is 2.81. The van der Waals surface area contributed by atoms with E-state index in [1.165, 1.54) is 37.1 Å². The van der Waals surface area contributed by atoms with E-state index in [2.05, 4.69) is 5.32 Å². The summed E-state index contributed by atoms with van der Waals surface area (Å²) in [4.78, 5) is 1.66. The molecule has 1 atom stereocenters. The van der Waals surface area contributed by atoms with Gasteiger partial charge >= 0.3 is 0 Å². The van der Waals surface area contributed by atoms with E-state index in [0.29, 0.717) is 6.04 Å². The van der Waals surface area contributed by atoms with Crippen LogP contribution in [0.3, 0.4) is 0 Å². The van der Waals surface area contributed by atoms with Crippen molar-refractivity contribution in [3.63, 3.8) is 0 Å². The minimum Gasteiger partial charge on any atom is -0.337 e. The molecule has 0 saturated carbocycles. The maximum absolute atomic E-state index is 13.3. The van der Waals surface area contributed by atoms with Crippen molar-refractivity contribution < 1.29 is 14.6 Å². The van der Waals surface area contributed by atoms with Crippen LogP contribution in [0.15, 0.2) is 18.2 Å². The molecule has 0 radical (unpaired) electrons. The molecular weight excluding hydrogens is 203 g/mol. The number of rotatable bonds is 1. The maximum Gasteiger partial charge on any atom is 0.163 e. The average molecular weight is 222 g/mol. The normalized spacial score (nSPS) is 25.7. The Morgan fingerprint density at radius 2 is 2.06 bits per heavy atom. The molecule has 0 unspecified atom stereocenters. The second-order valence-electron chi connectivity index (χ2n) is 4.99. The lowest BCUT2D eigenvalue weighted by molar-refractivity contribution is -0.937. The van der Waals surface area contributed by atoms with Crippen molar-refractivity contribution in [3.8, 4) is 0 Å². The molecule has 3 heteroatoms. The zero-order valence-electron chi connectivity index (χ0n) is 9.51. The van der Waals surface area contributed by atoms with Gasteiger partial charge in [0.25, 0.3) is 0 Å². The van der Waals surface area contributed by atoms with Crippen LogP contribution >= 0.6 is 0 Å². The van der Waals surface area contributed by atoms with E-state index >= 15 is 0 Å². The van der Waals surface area contributed by atoms with E-state index in [4.69, 9.17) is 0 Å². The van der Waals surface area contributed by atoms with Crippen LogP contribution in [0.5, 0.6) is 0 Å². The number of nitrogens with one attached hydrogen (secondary N) is 1. The monoisotopic (exact) mass is 222 g/mol. The van der Waals surface area contributed by atoms with E-state index in [1.807, 2.05) is 6.07 Å². The Morgan fingerprint density at radius 1 is 1.25 bits per heavy atom. The third kappa shape index (κ3) is 1.74. The molecule has 2 heterocycles. The van der Waals surface area contributed by atoms with Crippen LogP contribution in [0.25, 0.3) is 0 Å². The lowest BCUT2D eigenvalue weighted by atomic mass is 9.95. The summed E-state index contributed by atoms with van der Waals surface area (Å²) in [6, 6.07) is 5.83. The Bertz CT molecular complexity index is 386. The zero-order chi connectivity index (χ0) is 11.0. The summed E-state index contributed by atoms with van der Waals surface area (Å²) >= 11 is 0. The number of hydrogen-bond acceptors (Lipinski definition) is 0. The van der Waals surface area contributed by atoms with Gasteiger partial charge in [-0.1, -0.05) is 0 Å². The maximum atomic E-state index is 13.3. The van der Waals surface area contributed by atoms with Crippen LogP contribution in [0.4, 0.5) is 4.39 Å². The van der Waals surface area contributed by atoms with Gasteiger partial charge in [-0.25, -0.2) is 4.39 Å². The molecule has 0 amide bonds. The second-order valence-corrected chi connectivity index (χ2v) is 4.99. The van der Waals surface area contributed by atoms with Crippen molar-refractivity contribution in [1.29, 1.82) is 0 Å². The number of benzene rings is 1. The summed E-state index contributed by atoms with van der Waals surface area (Å²) in [6.07, 6.45) is 2.66. The van der Waals surface area contributed by atoms with E-state index in [9.17, 15) is 4.39 Å². The fourth-order valence-electron chi connectivity index (χ4n) is 3.17. The van der Waals surface area contributed by atoms with Crippen LogP contribution in [-0.2, 0) is 6.54 Å². The van der Waals surface area contributed by atoms with Gasteiger partial charge in [0.05, 0.1) is 13.1 Å². The second kappa shape index (κ2) is 4.15. The molecule has 1 aromatic rings. The molecule has 3 rings (SSSR count). The van der Waals surface area contributed by atoms with Crippen molar-refractivity contribution in [2.75, 3.05) is 19.6 Å². The Kier molecular flexibility index (Phi) is 2.65. The molecule has 0 spiro atoms. The number of nitrogens with two attached hydrogens (primary N) is 1. The smallest absolute Gasteiger partial charge is 0.163 e. The highest BCUT2D eigenvalue weighted by molar-refractivity contribution is 5.30. The van der Waals surface area contributed by atoms with E-state index in [0.717, 1.165) is 13.1 Å². The van der Waals surface area contributed by atoms with Gasteiger partial charge in [0.1, 0.15) is 18.9 Å². The van der Waals surface area contributed by atoms with Crippen molar-refractivity contribution >= 4 is 0 Å². The predicted molar refractivity (Wildman–Crippen MR) is 59.6 cm³/mol. The molecule has 0 aliphatic carbocycles. The van der Waals surface area contributed by atoms with Gasteiger partial charge in [0.15, 0.2) is 6.04 Å². The fourth-order valence-corrected chi connectivity index (χ4v) is 3.17. The van der Waals surface area contributed by atoms with Gasteiger partial charge in [-0.2, -0.15) is 0 Å². The summed E-state index contributed by atoms with van der Waals surface area (Å²) in [7, 11) is 0. The van der Waals surface area contributed by atoms with Crippen LogP contribution < -0.4 is 10.2 Å². The third-order valence-electron chi connectivity index (χ3n) is 3.99. The molecule has 86 valence electrons. The summed E-state index contributed by atoms with van der Waals surface area (Å²) in [6.45, 7) is 4.65. The van der Waals surface area contributed by atoms with Gasteiger partial charge in [-0.15, -0.1) is 0 Å². The Morgan fingerprint density at radius 3 is 2.88 bits per heavy atom. The summed E-state index contributed by atoms with van der Waals surface area (Å²) < 4.78 is 13.3. The Labute approximate surface area is 95.4 Å². The zero-order valence-corrected chi connectivity index (χ0v) is 9.51.